The van der Waals surface area contributed by atoms with Gasteiger partial charge in [-0.3, -0.25) is 10.2 Å². The molecule has 0 radical (unpaired) electrons. The monoisotopic (exact) mass is 187 g/mol. The average molecular weight is 187 g/mol. The van der Waals surface area contributed by atoms with Crippen LogP contribution in [0.3, 0.4) is 0 Å². The minimum atomic E-state index is -1.20. The van der Waals surface area contributed by atoms with Gasteiger partial charge in [-0.25, -0.2) is 10.6 Å². The fraction of sp³-hybridized carbons (Fsp3) is 0.714. The van der Waals surface area contributed by atoms with Crippen LogP contribution in [0.2, 0.25) is 0 Å². The molecule has 1 aliphatic carbocycles. The number of rotatable bonds is 4. The van der Waals surface area contributed by atoms with Crippen LogP contribution in [0, 0.1) is 5.92 Å². The number of hydrogen-bond donors (Lipinski definition) is 4. The number of nitrogens with two attached hydrogens (primary N) is 1. The lowest BCUT2D eigenvalue weighted by Gasteiger charge is -2.13. The third-order valence-electron chi connectivity index (χ3n) is 2.02. The molecular formula is C7H13N3O3. The molecule has 74 valence electrons. The maximum absolute atomic E-state index is 11.0. The van der Waals surface area contributed by atoms with Crippen molar-refractivity contribution in [2.24, 2.45) is 11.8 Å². The standard InChI is InChI=1S/C7H13N3O3/c8-10-6(11)5(9-7(12)13)3-4-1-2-4/h4-5,9H,1-3,8H2,(H,10,11)(H,12,13)/t5-/m0/s1. The molecule has 0 aromatic heterocycles. The second-order valence-electron chi connectivity index (χ2n) is 3.19. The third kappa shape index (κ3) is 3.29. The van der Waals surface area contributed by atoms with Gasteiger partial charge in [0.25, 0.3) is 5.91 Å². The van der Waals surface area contributed by atoms with Gasteiger partial charge >= 0.3 is 6.09 Å². The van der Waals surface area contributed by atoms with Crippen LogP contribution in [0.4, 0.5) is 4.79 Å². The van der Waals surface area contributed by atoms with Crippen molar-refractivity contribution in [3.63, 3.8) is 0 Å². The topological polar surface area (TPSA) is 104 Å². The quantitative estimate of drug-likeness (QED) is 0.268. The van der Waals surface area contributed by atoms with Crippen molar-refractivity contribution in [3.05, 3.63) is 0 Å². The summed E-state index contributed by atoms with van der Waals surface area (Å²) in [5, 5.41) is 10.6. The van der Waals surface area contributed by atoms with Crippen LogP contribution in [0.1, 0.15) is 19.3 Å². The van der Waals surface area contributed by atoms with Gasteiger partial charge in [0.2, 0.25) is 0 Å². The fourth-order valence-corrected chi connectivity index (χ4v) is 1.17. The largest absolute Gasteiger partial charge is 0.465 e. The molecule has 2 amide bonds. The van der Waals surface area contributed by atoms with Crippen molar-refractivity contribution in [1.29, 1.82) is 0 Å². The molecule has 6 nitrogen and oxygen atoms in total. The molecule has 1 saturated carbocycles. The summed E-state index contributed by atoms with van der Waals surface area (Å²) < 4.78 is 0. The molecule has 1 fully saturated rings. The Balaban J connectivity index is 2.41. The predicted octanol–water partition coefficient (Wildman–Crippen LogP) is -0.587. The molecule has 0 aromatic carbocycles. The molecule has 1 rings (SSSR count). The van der Waals surface area contributed by atoms with E-state index >= 15 is 0 Å². The van der Waals surface area contributed by atoms with Crippen molar-refractivity contribution in [1.82, 2.24) is 10.7 Å². The SMILES string of the molecule is NNC(=O)[C@H](CC1CC1)NC(=O)O. The van der Waals surface area contributed by atoms with E-state index in [0.717, 1.165) is 12.8 Å². The molecule has 1 atom stereocenters. The highest BCUT2D eigenvalue weighted by atomic mass is 16.4. The Morgan fingerprint density at radius 3 is 2.54 bits per heavy atom. The van der Waals surface area contributed by atoms with Crippen molar-refractivity contribution < 1.29 is 14.7 Å². The smallest absolute Gasteiger partial charge is 0.405 e. The minimum absolute atomic E-state index is 0.467. The molecule has 0 aromatic rings. The zero-order chi connectivity index (χ0) is 9.84. The summed E-state index contributed by atoms with van der Waals surface area (Å²) in [6.45, 7) is 0. The summed E-state index contributed by atoms with van der Waals surface area (Å²) in [5.74, 6) is 4.90. The van der Waals surface area contributed by atoms with E-state index in [9.17, 15) is 9.59 Å². The normalized spacial score (nSPS) is 17.6. The summed E-state index contributed by atoms with van der Waals surface area (Å²) in [5.41, 5.74) is 1.94. The van der Waals surface area contributed by atoms with Crippen LogP contribution in [-0.4, -0.2) is 23.1 Å². The molecular weight excluding hydrogens is 174 g/mol. The van der Waals surface area contributed by atoms with Crippen molar-refractivity contribution in [2.75, 3.05) is 0 Å². The van der Waals surface area contributed by atoms with Gasteiger partial charge in [-0.05, 0) is 12.3 Å². The molecule has 6 heteroatoms. The van der Waals surface area contributed by atoms with E-state index in [4.69, 9.17) is 10.9 Å². The van der Waals surface area contributed by atoms with E-state index in [1.807, 2.05) is 5.43 Å². The molecule has 0 unspecified atom stereocenters. The number of hydrazine groups is 1. The first kappa shape index (κ1) is 9.79. The van der Waals surface area contributed by atoms with Crippen LogP contribution in [0.25, 0.3) is 0 Å². The van der Waals surface area contributed by atoms with Gasteiger partial charge in [0, 0.05) is 0 Å². The lowest BCUT2D eigenvalue weighted by molar-refractivity contribution is -0.123. The number of nitrogens with one attached hydrogen (secondary N) is 2. The lowest BCUT2D eigenvalue weighted by atomic mass is 10.1. The van der Waals surface area contributed by atoms with Crippen LogP contribution < -0.4 is 16.6 Å². The first-order valence-corrected chi connectivity index (χ1v) is 4.13. The molecule has 0 saturated heterocycles. The summed E-state index contributed by atoms with van der Waals surface area (Å²) in [6.07, 6.45) is 1.47. The highest BCUT2D eigenvalue weighted by molar-refractivity contribution is 5.84. The van der Waals surface area contributed by atoms with E-state index in [1.54, 1.807) is 0 Å². The molecule has 0 heterocycles. The maximum atomic E-state index is 11.0. The first-order chi connectivity index (χ1) is 6.13. The molecule has 13 heavy (non-hydrogen) atoms. The predicted molar refractivity (Wildman–Crippen MR) is 44.6 cm³/mol. The van der Waals surface area contributed by atoms with Gasteiger partial charge in [-0.1, -0.05) is 12.8 Å². The van der Waals surface area contributed by atoms with E-state index in [2.05, 4.69) is 5.32 Å². The van der Waals surface area contributed by atoms with Gasteiger partial charge in [-0.2, -0.15) is 0 Å². The molecule has 5 N–H and O–H groups in total. The van der Waals surface area contributed by atoms with Gasteiger partial charge in [0.15, 0.2) is 0 Å². The second kappa shape index (κ2) is 4.08. The molecule has 0 aliphatic heterocycles. The highest BCUT2D eigenvalue weighted by Crippen LogP contribution is 2.33. The highest BCUT2D eigenvalue weighted by Gasteiger charge is 2.29. The average Bonchev–Trinajstić information content (AvgIpc) is 2.85. The van der Waals surface area contributed by atoms with E-state index in [-0.39, 0.29) is 0 Å². The van der Waals surface area contributed by atoms with Gasteiger partial charge in [0.05, 0.1) is 0 Å². The number of carboxylic acid groups (broad SMARTS) is 1. The maximum Gasteiger partial charge on any atom is 0.405 e. The summed E-state index contributed by atoms with van der Waals surface area (Å²) >= 11 is 0. The van der Waals surface area contributed by atoms with Crippen LogP contribution in [0.5, 0.6) is 0 Å². The Hall–Kier alpha value is -1.30. The Morgan fingerprint density at radius 2 is 2.15 bits per heavy atom. The summed E-state index contributed by atoms with van der Waals surface area (Å²) in [6, 6.07) is -0.713. The van der Waals surface area contributed by atoms with Crippen LogP contribution >= 0.6 is 0 Å². The van der Waals surface area contributed by atoms with E-state index in [1.165, 1.54) is 0 Å². The molecule has 1 aliphatic rings. The zero-order valence-electron chi connectivity index (χ0n) is 7.12. The van der Waals surface area contributed by atoms with Gasteiger partial charge in [-0.15, -0.1) is 0 Å². The Labute approximate surface area is 75.5 Å². The summed E-state index contributed by atoms with van der Waals surface area (Å²) in [4.78, 5) is 21.3. The lowest BCUT2D eigenvalue weighted by Crippen LogP contribution is -2.48. The zero-order valence-corrected chi connectivity index (χ0v) is 7.12. The molecule has 0 bridgehead atoms. The number of carbonyl (C=O) groups is 2. The van der Waals surface area contributed by atoms with Gasteiger partial charge < -0.3 is 10.4 Å². The molecule has 0 spiro atoms. The van der Waals surface area contributed by atoms with Crippen LogP contribution in [-0.2, 0) is 4.79 Å². The number of carbonyl (C=O) groups excluding carboxylic acids is 1. The Kier molecular flexibility index (Phi) is 3.07. The van der Waals surface area contributed by atoms with Crippen LogP contribution in [0.15, 0.2) is 0 Å². The Bertz CT molecular complexity index is 215. The van der Waals surface area contributed by atoms with E-state index < -0.39 is 18.0 Å². The number of hydrogen-bond acceptors (Lipinski definition) is 3. The first-order valence-electron chi connectivity index (χ1n) is 4.13. The Morgan fingerprint density at radius 1 is 1.54 bits per heavy atom. The van der Waals surface area contributed by atoms with E-state index in [0.29, 0.717) is 12.3 Å². The number of amides is 2. The minimum Gasteiger partial charge on any atom is -0.465 e. The van der Waals surface area contributed by atoms with Crippen molar-refractivity contribution in [3.8, 4) is 0 Å². The van der Waals surface area contributed by atoms with Crippen molar-refractivity contribution >= 4 is 12.0 Å². The second-order valence-corrected chi connectivity index (χ2v) is 3.19. The van der Waals surface area contributed by atoms with Crippen molar-refractivity contribution in [2.45, 2.75) is 25.3 Å². The third-order valence-corrected chi connectivity index (χ3v) is 2.02. The summed E-state index contributed by atoms with van der Waals surface area (Å²) in [7, 11) is 0. The van der Waals surface area contributed by atoms with Gasteiger partial charge in [0.1, 0.15) is 6.04 Å². The fourth-order valence-electron chi connectivity index (χ4n) is 1.17.